The highest BCUT2D eigenvalue weighted by Gasteiger charge is 2.07. The van der Waals surface area contributed by atoms with Crippen LogP contribution in [0.4, 0.5) is 0 Å². The first-order chi connectivity index (χ1) is 11.5. The number of hydrogen-bond acceptors (Lipinski definition) is 3. The number of hydrogen-bond donors (Lipinski definition) is 1. The zero-order valence-corrected chi connectivity index (χ0v) is 15.1. The second-order valence-corrected chi connectivity index (χ2v) is 6.42. The van der Waals surface area contributed by atoms with Crippen molar-refractivity contribution in [3.05, 3.63) is 64.2 Å². The van der Waals surface area contributed by atoms with E-state index in [-0.39, 0.29) is 12.5 Å². The second kappa shape index (κ2) is 8.71. The molecule has 5 heteroatoms. The molecule has 0 aromatic heterocycles. The third kappa shape index (κ3) is 5.55. The van der Waals surface area contributed by atoms with Crippen molar-refractivity contribution in [2.45, 2.75) is 20.0 Å². The quantitative estimate of drug-likeness (QED) is 0.835. The SMILES string of the molecule is Cc1cc(Cl)ccc1OCC(=O)NCc1ccccc1CN(C)C. The lowest BCUT2D eigenvalue weighted by Crippen LogP contribution is -2.29. The number of nitrogens with one attached hydrogen (secondary N) is 1. The molecule has 0 spiro atoms. The van der Waals surface area contributed by atoms with E-state index in [4.69, 9.17) is 16.3 Å². The fourth-order valence-corrected chi connectivity index (χ4v) is 2.61. The summed E-state index contributed by atoms with van der Waals surface area (Å²) in [6.07, 6.45) is 0. The minimum Gasteiger partial charge on any atom is -0.484 e. The van der Waals surface area contributed by atoms with Crippen LogP contribution in [0.5, 0.6) is 5.75 Å². The Labute approximate surface area is 148 Å². The van der Waals surface area contributed by atoms with Crippen molar-refractivity contribution < 1.29 is 9.53 Å². The number of rotatable bonds is 7. The van der Waals surface area contributed by atoms with Crippen molar-refractivity contribution in [3.8, 4) is 5.75 Å². The molecule has 24 heavy (non-hydrogen) atoms. The van der Waals surface area contributed by atoms with Crippen molar-refractivity contribution in [3.63, 3.8) is 0 Å². The Bertz CT molecular complexity index is 702. The largest absolute Gasteiger partial charge is 0.484 e. The lowest BCUT2D eigenvalue weighted by molar-refractivity contribution is -0.123. The number of halogens is 1. The fraction of sp³-hybridized carbons (Fsp3) is 0.316. The summed E-state index contributed by atoms with van der Waals surface area (Å²) >= 11 is 5.91. The van der Waals surface area contributed by atoms with E-state index < -0.39 is 0 Å². The predicted molar refractivity (Wildman–Crippen MR) is 97.4 cm³/mol. The smallest absolute Gasteiger partial charge is 0.258 e. The molecule has 2 aromatic carbocycles. The summed E-state index contributed by atoms with van der Waals surface area (Å²) in [4.78, 5) is 14.1. The highest BCUT2D eigenvalue weighted by atomic mass is 35.5. The molecular formula is C19H23ClN2O2. The Morgan fingerprint density at radius 3 is 2.54 bits per heavy atom. The Balaban J connectivity index is 1.87. The van der Waals surface area contributed by atoms with Crippen LogP contribution in [0.25, 0.3) is 0 Å². The normalized spacial score (nSPS) is 10.7. The maximum absolute atomic E-state index is 12.0. The van der Waals surface area contributed by atoms with Crippen molar-refractivity contribution in [2.24, 2.45) is 0 Å². The Morgan fingerprint density at radius 2 is 1.88 bits per heavy atom. The van der Waals surface area contributed by atoms with Gasteiger partial charge >= 0.3 is 0 Å². The van der Waals surface area contributed by atoms with Crippen molar-refractivity contribution >= 4 is 17.5 Å². The molecule has 0 unspecified atom stereocenters. The van der Waals surface area contributed by atoms with E-state index in [2.05, 4.69) is 16.3 Å². The molecule has 1 amide bonds. The van der Waals surface area contributed by atoms with Crippen LogP contribution in [-0.4, -0.2) is 31.5 Å². The molecule has 0 atom stereocenters. The average Bonchev–Trinajstić information content (AvgIpc) is 2.52. The van der Waals surface area contributed by atoms with Gasteiger partial charge in [0.25, 0.3) is 5.91 Å². The van der Waals surface area contributed by atoms with E-state index >= 15 is 0 Å². The molecular weight excluding hydrogens is 324 g/mol. The summed E-state index contributed by atoms with van der Waals surface area (Å²) in [6.45, 7) is 3.22. The van der Waals surface area contributed by atoms with Gasteiger partial charge in [-0.3, -0.25) is 4.79 Å². The molecule has 2 aromatic rings. The molecule has 0 heterocycles. The van der Waals surface area contributed by atoms with E-state index in [1.54, 1.807) is 12.1 Å². The highest BCUT2D eigenvalue weighted by Crippen LogP contribution is 2.21. The summed E-state index contributed by atoms with van der Waals surface area (Å²) in [6, 6.07) is 13.4. The molecule has 128 valence electrons. The van der Waals surface area contributed by atoms with Gasteiger partial charge in [-0.05, 0) is 55.9 Å². The number of aryl methyl sites for hydroxylation is 1. The van der Waals surface area contributed by atoms with Crippen LogP contribution in [0.2, 0.25) is 5.02 Å². The zero-order chi connectivity index (χ0) is 17.5. The Hall–Kier alpha value is -2.04. The fourth-order valence-electron chi connectivity index (χ4n) is 2.39. The topological polar surface area (TPSA) is 41.6 Å². The molecule has 0 fully saturated rings. The minimum absolute atomic E-state index is 0.0156. The standard InChI is InChI=1S/C19H23ClN2O2/c1-14-10-17(20)8-9-18(14)24-13-19(23)21-11-15-6-4-5-7-16(15)12-22(2)3/h4-10H,11-13H2,1-3H3,(H,21,23). The molecule has 0 radical (unpaired) electrons. The van der Waals surface area contributed by atoms with E-state index in [1.165, 1.54) is 5.56 Å². The molecule has 0 bridgehead atoms. The monoisotopic (exact) mass is 346 g/mol. The number of carbonyl (C=O) groups excluding carboxylic acids is 1. The second-order valence-electron chi connectivity index (χ2n) is 5.98. The lowest BCUT2D eigenvalue weighted by atomic mass is 10.1. The molecule has 2 rings (SSSR count). The molecule has 4 nitrogen and oxygen atoms in total. The number of benzene rings is 2. The molecule has 0 aliphatic heterocycles. The van der Waals surface area contributed by atoms with Gasteiger partial charge in [0.1, 0.15) is 5.75 Å². The van der Waals surface area contributed by atoms with Crippen LogP contribution in [-0.2, 0) is 17.9 Å². The minimum atomic E-state index is -0.149. The number of carbonyl (C=O) groups is 1. The lowest BCUT2D eigenvalue weighted by Gasteiger charge is -2.15. The van der Waals surface area contributed by atoms with E-state index in [9.17, 15) is 4.79 Å². The third-order valence-electron chi connectivity index (χ3n) is 3.58. The van der Waals surface area contributed by atoms with Crippen LogP contribution in [0, 0.1) is 6.92 Å². The zero-order valence-electron chi connectivity index (χ0n) is 14.3. The van der Waals surface area contributed by atoms with Crippen LogP contribution < -0.4 is 10.1 Å². The average molecular weight is 347 g/mol. The summed E-state index contributed by atoms with van der Waals surface area (Å²) in [7, 11) is 4.05. The van der Waals surface area contributed by atoms with Gasteiger partial charge in [0.15, 0.2) is 6.61 Å². The summed E-state index contributed by atoms with van der Waals surface area (Å²) in [5.74, 6) is 0.520. The van der Waals surface area contributed by atoms with E-state index in [1.807, 2.05) is 45.3 Å². The van der Waals surface area contributed by atoms with Crippen molar-refractivity contribution in [2.75, 3.05) is 20.7 Å². The first-order valence-corrected chi connectivity index (χ1v) is 8.20. The van der Waals surface area contributed by atoms with Gasteiger partial charge in [-0.25, -0.2) is 0 Å². The van der Waals surface area contributed by atoms with Gasteiger partial charge in [-0.2, -0.15) is 0 Å². The van der Waals surface area contributed by atoms with Crippen molar-refractivity contribution in [1.29, 1.82) is 0 Å². The van der Waals surface area contributed by atoms with Gasteiger partial charge in [0.2, 0.25) is 0 Å². The molecule has 0 aliphatic carbocycles. The molecule has 0 aliphatic rings. The highest BCUT2D eigenvalue weighted by molar-refractivity contribution is 6.30. The van der Waals surface area contributed by atoms with Gasteiger partial charge in [0, 0.05) is 18.1 Å². The van der Waals surface area contributed by atoms with Gasteiger partial charge in [0.05, 0.1) is 0 Å². The Morgan fingerprint density at radius 1 is 1.17 bits per heavy atom. The van der Waals surface area contributed by atoms with Crippen LogP contribution in [0.15, 0.2) is 42.5 Å². The Kier molecular flexibility index (Phi) is 6.64. The van der Waals surface area contributed by atoms with Crippen molar-refractivity contribution in [1.82, 2.24) is 10.2 Å². The molecule has 0 saturated carbocycles. The maximum Gasteiger partial charge on any atom is 0.258 e. The number of nitrogens with zero attached hydrogens (tertiary/aromatic N) is 1. The van der Waals surface area contributed by atoms with Crippen LogP contribution in [0.1, 0.15) is 16.7 Å². The summed E-state index contributed by atoms with van der Waals surface area (Å²) < 4.78 is 5.56. The first-order valence-electron chi connectivity index (χ1n) is 7.83. The van der Waals surface area contributed by atoms with E-state index in [0.717, 1.165) is 17.7 Å². The maximum atomic E-state index is 12.0. The predicted octanol–water partition coefficient (Wildman–Crippen LogP) is 3.41. The number of ether oxygens (including phenoxy) is 1. The summed E-state index contributed by atoms with van der Waals surface area (Å²) in [5, 5.41) is 3.56. The van der Waals surface area contributed by atoms with Crippen LogP contribution in [0.3, 0.4) is 0 Å². The van der Waals surface area contributed by atoms with Gasteiger partial charge < -0.3 is 15.0 Å². The summed E-state index contributed by atoms with van der Waals surface area (Å²) in [5.41, 5.74) is 3.23. The third-order valence-corrected chi connectivity index (χ3v) is 3.81. The van der Waals surface area contributed by atoms with Crippen LogP contribution >= 0.6 is 11.6 Å². The molecule has 0 saturated heterocycles. The first kappa shape index (κ1) is 18.3. The van der Waals surface area contributed by atoms with Gasteiger partial charge in [-0.1, -0.05) is 35.9 Å². The van der Waals surface area contributed by atoms with E-state index in [0.29, 0.717) is 17.3 Å². The molecule has 1 N–H and O–H groups in total. The number of amides is 1. The van der Waals surface area contributed by atoms with Gasteiger partial charge in [-0.15, -0.1) is 0 Å².